The van der Waals surface area contributed by atoms with E-state index in [4.69, 9.17) is 11.0 Å². The summed E-state index contributed by atoms with van der Waals surface area (Å²) in [5.41, 5.74) is 8.28. The third kappa shape index (κ3) is 2.36. The summed E-state index contributed by atoms with van der Waals surface area (Å²) >= 11 is 0. The minimum absolute atomic E-state index is 0.585. The lowest BCUT2D eigenvalue weighted by Gasteiger charge is -2.21. The molecule has 0 saturated carbocycles. The van der Waals surface area contributed by atoms with Crippen LogP contribution >= 0.6 is 0 Å². The fourth-order valence-corrected chi connectivity index (χ4v) is 2.62. The number of nitrogens with zero attached hydrogens (tertiary/aromatic N) is 2. The van der Waals surface area contributed by atoms with E-state index < -0.39 is 0 Å². The first-order valence-electron chi connectivity index (χ1n) is 6.29. The lowest BCUT2D eigenvalue weighted by molar-refractivity contribution is 0.530. The molecule has 0 aliphatic carbocycles. The smallest absolute Gasteiger partial charge is 0.101 e. The Morgan fingerprint density at radius 3 is 3.06 bits per heavy atom. The standard InChI is InChI=1S/C14H19N3/c1-2-4-11-7-8-17(10-11)13-6-3-5-12(9-15)14(13)16/h3,5-6,11H,2,4,7-8,10,16H2,1H3. The van der Waals surface area contributed by atoms with Gasteiger partial charge in [0.05, 0.1) is 16.9 Å². The van der Waals surface area contributed by atoms with Crippen molar-refractivity contribution in [2.75, 3.05) is 23.7 Å². The van der Waals surface area contributed by atoms with Crippen LogP contribution in [0.3, 0.4) is 0 Å². The quantitative estimate of drug-likeness (QED) is 0.811. The third-order valence-electron chi connectivity index (χ3n) is 3.53. The zero-order valence-electron chi connectivity index (χ0n) is 10.3. The molecule has 1 fully saturated rings. The van der Waals surface area contributed by atoms with Crippen molar-refractivity contribution in [1.29, 1.82) is 5.26 Å². The average molecular weight is 229 g/mol. The number of hydrogen-bond donors (Lipinski definition) is 1. The summed E-state index contributed by atoms with van der Waals surface area (Å²) < 4.78 is 0. The Morgan fingerprint density at radius 1 is 1.53 bits per heavy atom. The Bertz CT molecular complexity index is 434. The lowest BCUT2D eigenvalue weighted by atomic mass is 10.0. The maximum absolute atomic E-state index is 8.97. The van der Waals surface area contributed by atoms with Gasteiger partial charge in [-0.2, -0.15) is 5.26 Å². The molecular formula is C14H19N3. The van der Waals surface area contributed by atoms with Crippen molar-refractivity contribution < 1.29 is 0 Å². The zero-order valence-corrected chi connectivity index (χ0v) is 10.3. The van der Waals surface area contributed by atoms with E-state index in [1.165, 1.54) is 19.3 Å². The Morgan fingerprint density at radius 2 is 2.35 bits per heavy atom. The largest absolute Gasteiger partial charge is 0.396 e. The van der Waals surface area contributed by atoms with E-state index in [-0.39, 0.29) is 0 Å². The molecule has 0 spiro atoms. The predicted molar refractivity (Wildman–Crippen MR) is 70.8 cm³/mol. The van der Waals surface area contributed by atoms with Gasteiger partial charge < -0.3 is 10.6 Å². The number of nitrogens with two attached hydrogens (primary N) is 1. The Labute approximate surface area is 103 Å². The van der Waals surface area contributed by atoms with Crippen LogP contribution in [0.2, 0.25) is 0 Å². The number of anilines is 2. The number of nitriles is 1. The Kier molecular flexibility index (Phi) is 3.53. The second-order valence-corrected chi connectivity index (χ2v) is 4.74. The molecule has 1 aromatic rings. The molecule has 3 nitrogen and oxygen atoms in total. The maximum atomic E-state index is 8.97. The summed E-state index contributed by atoms with van der Waals surface area (Å²) in [5.74, 6) is 0.783. The highest BCUT2D eigenvalue weighted by molar-refractivity contribution is 5.74. The number of nitrogen functional groups attached to an aromatic ring is 1. The molecule has 0 aromatic heterocycles. The van der Waals surface area contributed by atoms with Crippen LogP contribution in [-0.2, 0) is 0 Å². The van der Waals surface area contributed by atoms with Crippen LogP contribution < -0.4 is 10.6 Å². The van der Waals surface area contributed by atoms with E-state index in [0.717, 1.165) is 24.7 Å². The van der Waals surface area contributed by atoms with E-state index in [1.807, 2.05) is 12.1 Å². The molecule has 3 heteroatoms. The van der Waals surface area contributed by atoms with Crippen molar-refractivity contribution in [3.05, 3.63) is 23.8 Å². The van der Waals surface area contributed by atoms with Gasteiger partial charge in [-0.15, -0.1) is 0 Å². The van der Waals surface area contributed by atoms with Gasteiger partial charge in [-0.05, 0) is 30.9 Å². The van der Waals surface area contributed by atoms with Crippen LogP contribution in [0.4, 0.5) is 11.4 Å². The first kappa shape index (κ1) is 11.8. The molecule has 90 valence electrons. The van der Waals surface area contributed by atoms with Crippen molar-refractivity contribution in [2.24, 2.45) is 5.92 Å². The Hall–Kier alpha value is -1.69. The fraction of sp³-hybridized carbons (Fsp3) is 0.500. The van der Waals surface area contributed by atoms with E-state index in [9.17, 15) is 0 Å². The highest BCUT2D eigenvalue weighted by Crippen LogP contribution is 2.31. The molecule has 1 heterocycles. The molecule has 0 radical (unpaired) electrons. The lowest BCUT2D eigenvalue weighted by Crippen LogP contribution is -2.21. The monoisotopic (exact) mass is 229 g/mol. The highest BCUT2D eigenvalue weighted by atomic mass is 15.2. The molecular weight excluding hydrogens is 210 g/mol. The van der Waals surface area contributed by atoms with E-state index in [2.05, 4.69) is 17.9 Å². The van der Waals surface area contributed by atoms with Crippen molar-refractivity contribution in [3.8, 4) is 6.07 Å². The molecule has 1 aliphatic heterocycles. The summed E-state index contributed by atoms with van der Waals surface area (Å²) in [7, 11) is 0. The summed E-state index contributed by atoms with van der Waals surface area (Å²) in [6.45, 7) is 4.37. The molecule has 1 aromatic carbocycles. The second-order valence-electron chi connectivity index (χ2n) is 4.74. The van der Waals surface area contributed by atoms with Crippen LogP contribution in [0.1, 0.15) is 31.7 Å². The van der Waals surface area contributed by atoms with Gasteiger partial charge in [-0.1, -0.05) is 19.4 Å². The molecule has 1 atom stereocenters. The van der Waals surface area contributed by atoms with Crippen molar-refractivity contribution in [3.63, 3.8) is 0 Å². The average Bonchev–Trinajstić information content (AvgIpc) is 2.78. The van der Waals surface area contributed by atoms with Gasteiger partial charge in [0, 0.05) is 13.1 Å². The number of hydrogen-bond acceptors (Lipinski definition) is 3. The van der Waals surface area contributed by atoms with Crippen LogP contribution in [0, 0.1) is 17.2 Å². The number of rotatable bonds is 3. The van der Waals surface area contributed by atoms with Gasteiger partial charge in [0.15, 0.2) is 0 Å². The molecule has 0 amide bonds. The summed E-state index contributed by atoms with van der Waals surface area (Å²) in [6.07, 6.45) is 3.77. The third-order valence-corrected chi connectivity index (χ3v) is 3.53. The summed E-state index contributed by atoms with van der Waals surface area (Å²) in [5, 5.41) is 8.97. The van der Waals surface area contributed by atoms with E-state index in [1.54, 1.807) is 6.07 Å². The molecule has 1 saturated heterocycles. The van der Waals surface area contributed by atoms with Gasteiger partial charge in [-0.25, -0.2) is 0 Å². The van der Waals surface area contributed by atoms with Crippen molar-refractivity contribution in [1.82, 2.24) is 0 Å². The predicted octanol–water partition coefficient (Wildman–Crippen LogP) is 2.77. The van der Waals surface area contributed by atoms with Crippen molar-refractivity contribution in [2.45, 2.75) is 26.2 Å². The zero-order chi connectivity index (χ0) is 12.3. The van der Waals surface area contributed by atoms with Crippen LogP contribution in [0.15, 0.2) is 18.2 Å². The van der Waals surface area contributed by atoms with Gasteiger partial charge in [0.1, 0.15) is 6.07 Å². The highest BCUT2D eigenvalue weighted by Gasteiger charge is 2.23. The second kappa shape index (κ2) is 5.09. The molecule has 2 rings (SSSR count). The minimum Gasteiger partial charge on any atom is -0.396 e. The van der Waals surface area contributed by atoms with Gasteiger partial charge in [0.2, 0.25) is 0 Å². The first-order valence-corrected chi connectivity index (χ1v) is 6.29. The number of para-hydroxylation sites is 1. The van der Waals surface area contributed by atoms with Gasteiger partial charge in [-0.3, -0.25) is 0 Å². The van der Waals surface area contributed by atoms with Gasteiger partial charge in [0.25, 0.3) is 0 Å². The normalized spacial score (nSPS) is 19.3. The molecule has 0 bridgehead atoms. The molecule has 1 aliphatic rings. The first-order chi connectivity index (χ1) is 8.26. The Balaban J connectivity index is 2.17. The van der Waals surface area contributed by atoms with Crippen molar-refractivity contribution >= 4 is 11.4 Å². The van der Waals surface area contributed by atoms with E-state index in [0.29, 0.717) is 11.3 Å². The van der Waals surface area contributed by atoms with Crippen LogP contribution in [0.25, 0.3) is 0 Å². The maximum Gasteiger partial charge on any atom is 0.101 e. The molecule has 17 heavy (non-hydrogen) atoms. The molecule has 1 unspecified atom stereocenters. The molecule has 2 N–H and O–H groups in total. The fourth-order valence-electron chi connectivity index (χ4n) is 2.62. The number of benzene rings is 1. The van der Waals surface area contributed by atoms with Gasteiger partial charge >= 0.3 is 0 Å². The summed E-state index contributed by atoms with van der Waals surface area (Å²) in [4.78, 5) is 2.32. The van der Waals surface area contributed by atoms with Crippen LogP contribution in [0.5, 0.6) is 0 Å². The van der Waals surface area contributed by atoms with Crippen LogP contribution in [-0.4, -0.2) is 13.1 Å². The minimum atomic E-state index is 0.585. The summed E-state index contributed by atoms with van der Waals surface area (Å²) in [6, 6.07) is 7.85. The topological polar surface area (TPSA) is 53.0 Å². The van der Waals surface area contributed by atoms with E-state index >= 15 is 0 Å². The SMILES string of the molecule is CCCC1CCN(c2cccc(C#N)c2N)C1.